The van der Waals surface area contributed by atoms with Crippen LogP contribution in [0, 0.1) is 0 Å². The molecule has 2 rings (SSSR count). The summed E-state index contributed by atoms with van der Waals surface area (Å²) >= 11 is 0. The van der Waals surface area contributed by atoms with Gasteiger partial charge in [-0.3, -0.25) is 9.78 Å². The second-order valence-corrected chi connectivity index (χ2v) is 3.05. The van der Waals surface area contributed by atoms with Gasteiger partial charge < -0.3 is 10.4 Å². The van der Waals surface area contributed by atoms with Crippen molar-refractivity contribution < 1.29 is 9.90 Å². The summed E-state index contributed by atoms with van der Waals surface area (Å²) in [6.07, 6.45) is 4.22. The van der Waals surface area contributed by atoms with Crippen LogP contribution in [0.3, 0.4) is 0 Å². The van der Waals surface area contributed by atoms with Crippen molar-refractivity contribution >= 4 is 5.97 Å². The van der Waals surface area contributed by atoms with Crippen LogP contribution < -0.4 is 5.32 Å². The van der Waals surface area contributed by atoms with Crippen molar-refractivity contribution in [2.45, 2.75) is 12.5 Å². The van der Waals surface area contributed by atoms with E-state index in [2.05, 4.69) is 10.3 Å². The second-order valence-electron chi connectivity index (χ2n) is 3.05. The summed E-state index contributed by atoms with van der Waals surface area (Å²) in [6, 6.07) is 1.20. The van der Waals surface area contributed by atoms with Crippen molar-refractivity contribution in [2.24, 2.45) is 0 Å². The van der Waals surface area contributed by atoms with Gasteiger partial charge in [0.2, 0.25) is 0 Å². The minimum absolute atomic E-state index is 0.563. The summed E-state index contributed by atoms with van der Waals surface area (Å²) in [6.45, 7) is 0.704. The number of hydrogen-bond donors (Lipinski definition) is 2. The lowest BCUT2D eigenvalue weighted by atomic mass is 9.97. The molecule has 4 nitrogen and oxygen atoms in total. The van der Waals surface area contributed by atoms with E-state index in [0.717, 1.165) is 17.5 Å². The highest BCUT2D eigenvalue weighted by molar-refractivity contribution is 5.76. The van der Waals surface area contributed by atoms with Gasteiger partial charge in [0.25, 0.3) is 0 Å². The fourth-order valence-electron chi connectivity index (χ4n) is 1.61. The number of nitrogens with zero attached hydrogens (tertiary/aromatic N) is 1. The molecule has 68 valence electrons. The molecule has 0 bridgehead atoms. The Balaban J connectivity index is 2.42. The Morgan fingerprint density at radius 1 is 1.69 bits per heavy atom. The molecule has 1 aromatic rings. The van der Waals surface area contributed by atoms with Crippen LogP contribution in [0.1, 0.15) is 17.2 Å². The third kappa shape index (κ3) is 1.40. The molecule has 1 aliphatic rings. The number of fused-ring (bicyclic) bond motifs is 1. The highest BCUT2D eigenvalue weighted by Crippen LogP contribution is 2.21. The molecule has 1 aliphatic heterocycles. The maximum Gasteiger partial charge on any atom is 0.325 e. The molecule has 1 atom stereocenters. The molecule has 0 aliphatic carbocycles. The van der Waals surface area contributed by atoms with Gasteiger partial charge in [-0.05, 0) is 23.6 Å². The van der Waals surface area contributed by atoms with Crippen LogP contribution in [-0.2, 0) is 11.2 Å². The Morgan fingerprint density at radius 2 is 2.54 bits per heavy atom. The molecule has 4 heteroatoms. The largest absolute Gasteiger partial charge is 0.480 e. The second kappa shape index (κ2) is 3.14. The zero-order chi connectivity index (χ0) is 9.26. The van der Waals surface area contributed by atoms with Crippen molar-refractivity contribution in [1.82, 2.24) is 10.3 Å². The number of hydrogen-bond acceptors (Lipinski definition) is 3. The summed E-state index contributed by atoms with van der Waals surface area (Å²) in [5.74, 6) is -0.827. The van der Waals surface area contributed by atoms with E-state index in [0.29, 0.717) is 6.54 Å². The first-order valence-corrected chi connectivity index (χ1v) is 4.18. The van der Waals surface area contributed by atoms with E-state index in [-0.39, 0.29) is 0 Å². The minimum Gasteiger partial charge on any atom is -0.480 e. The number of carboxylic acid groups (broad SMARTS) is 1. The molecule has 0 aromatic carbocycles. The monoisotopic (exact) mass is 178 g/mol. The average molecular weight is 178 g/mol. The molecule has 0 saturated heterocycles. The van der Waals surface area contributed by atoms with Crippen LogP contribution in [0.25, 0.3) is 0 Å². The number of rotatable bonds is 1. The third-order valence-electron chi connectivity index (χ3n) is 2.24. The Bertz CT molecular complexity index is 338. The van der Waals surface area contributed by atoms with E-state index < -0.39 is 12.0 Å². The van der Waals surface area contributed by atoms with Gasteiger partial charge in [-0.1, -0.05) is 0 Å². The topological polar surface area (TPSA) is 62.2 Å². The maximum atomic E-state index is 10.8. The van der Waals surface area contributed by atoms with Crippen molar-refractivity contribution in [3.8, 4) is 0 Å². The molecule has 0 amide bonds. The van der Waals surface area contributed by atoms with Crippen LogP contribution in [-0.4, -0.2) is 22.6 Å². The summed E-state index contributed by atoms with van der Waals surface area (Å²) in [7, 11) is 0. The number of carboxylic acids is 1. The maximum absolute atomic E-state index is 10.8. The van der Waals surface area contributed by atoms with Gasteiger partial charge in [0, 0.05) is 18.9 Å². The van der Waals surface area contributed by atoms with E-state index in [4.69, 9.17) is 5.11 Å². The first kappa shape index (κ1) is 8.19. The smallest absolute Gasteiger partial charge is 0.325 e. The zero-order valence-corrected chi connectivity index (χ0v) is 7.03. The fraction of sp³-hybridized carbons (Fsp3) is 0.333. The summed E-state index contributed by atoms with van der Waals surface area (Å²) in [4.78, 5) is 14.8. The van der Waals surface area contributed by atoms with Gasteiger partial charge in [0.1, 0.15) is 6.04 Å². The third-order valence-corrected chi connectivity index (χ3v) is 2.24. The standard InChI is InChI=1S/C9H10N2O2/c12-9(13)8-7-2-3-10-5-6(7)1-4-11-8/h2-3,5,8,11H,1,4H2,(H,12,13). The predicted molar refractivity (Wildman–Crippen MR) is 46.3 cm³/mol. The number of aromatic nitrogens is 1. The van der Waals surface area contributed by atoms with Crippen LogP contribution in [0.15, 0.2) is 18.5 Å². The Hall–Kier alpha value is -1.42. The van der Waals surface area contributed by atoms with Crippen LogP contribution in [0.4, 0.5) is 0 Å². The van der Waals surface area contributed by atoms with Gasteiger partial charge in [-0.15, -0.1) is 0 Å². The summed E-state index contributed by atoms with van der Waals surface area (Å²) in [5.41, 5.74) is 1.88. The van der Waals surface area contributed by atoms with Gasteiger partial charge >= 0.3 is 5.97 Å². The van der Waals surface area contributed by atoms with Gasteiger partial charge in [-0.25, -0.2) is 0 Å². The van der Waals surface area contributed by atoms with Crippen LogP contribution >= 0.6 is 0 Å². The molecular formula is C9H10N2O2. The first-order valence-electron chi connectivity index (χ1n) is 4.18. The van der Waals surface area contributed by atoms with E-state index >= 15 is 0 Å². The Morgan fingerprint density at radius 3 is 3.31 bits per heavy atom. The highest BCUT2D eigenvalue weighted by atomic mass is 16.4. The average Bonchev–Trinajstić information content (AvgIpc) is 2.17. The van der Waals surface area contributed by atoms with E-state index in [1.54, 1.807) is 18.5 Å². The molecule has 0 spiro atoms. The highest BCUT2D eigenvalue weighted by Gasteiger charge is 2.24. The Labute approximate surface area is 75.6 Å². The number of carbonyl (C=O) groups is 1. The normalized spacial score (nSPS) is 20.8. The van der Waals surface area contributed by atoms with E-state index in [1.165, 1.54) is 0 Å². The van der Waals surface area contributed by atoms with Crippen molar-refractivity contribution in [2.75, 3.05) is 6.54 Å². The molecule has 2 heterocycles. The van der Waals surface area contributed by atoms with E-state index in [9.17, 15) is 4.79 Å². The molecule has 0 radical (unpaired) electrons. The summed E-state index contributed by atoms with van der Waals surface area (Å²) < 4.78 is 0. The van der Waals surface area contributed by atoms with E-state index in [1.807, 2.05) is 0 Å². The number of pyridine rings is 1. The number of aliphatic carboxylic acids is 1. The molecule has 13 heavy (non-hydrogen) atoms. The quantitative estimate of drug-likeness (QED) is 0.651. The minimum atomic E-state index is -0.827. The summed E-state index contributed by atoms with van der Waals surface area (Å²) in [5, 5.41) is 11.8. The van der Waals surface area contributed by atoms with Crippen molar-refractivity contribution in [3.63, 3.8) is 0 Å². The molecule has 0 saturated carbocycles. The van der Waals surface area contributed by atoms with Crippen LogP contribution in [0.5, 0.6) is 0 Å². The molecule has 1 unspecified atom stereocenters. The van der Waals surface area contributed by atoms with Crippen molar-refractivity contribution in [3.05, 3.63) is 29.6 Å². The molecule has 0 fully saturated rings. The lowest BCUT2D eigenvalue weighted by Gasteiger charge is -2.22. The van der Waals surface area contributed by atoms with Gasteiger partial charge in [-0.2, -0.15) is 0 Å². The molecular weight excluding hydrogens is 168 g/mol. The lowest BCUT2D eigenvalue weighted by molar-refractivity contribution is -0.139. The zero-order valence-electron chi connectivity index (χ0n) is 7.03. The lowest BCUT2D eigenvalue weighted by Crippen LogP contribution is -2.35. The molecule has 1 aromatic heterocycles. The predicted octanol–water partition coefficient (Wildman–Crippen LogP) is 0.353. The van der Waals surface area contributed by atoms with Crippen LogP contribution in [0.2, 0.25) is 0 Å². The number of nitrogens with one attached hydrogen (secondary N) is 1. The SMILES string of the molecule is O=C(O)C1NCCc2cnccc21. The fourth-order valence-corrected chi connectivity index (χ4v) is 1.61. The Kier molecular flexibility index (Phi) is 1.98. The van der Waals surface area contributed by atoms with Gasteiger partial charge in [0.05, 0.1) is 0 Å². The molecule has 2 N–H and O–H groups in total. The van der Waals surface area contributed by atoms with Crippen molar-refractivity contribution in [1.29, 1.82) is 0 Å². The first-order chi connectivity index (χ1) is 6.29. The van der Waals surface area contributed by atoms with Gasteiger partial charge in [0.15, 0.2) is 0 Å².